The fourth-order valence-corrected chi connectivity index (χ4v) is 1.66. The molecule has 0 spiro atoms. The molecule has 0 bridgehead atoms. The fraction of sp³-hybridized carbons (Fsp3) is 0.538. The summed E-state index contributed by atoms with van der Waals surface area (Å²) in [6, 6.07) is 8.44. The Balaban J connectivity index is 2.80. The topological polar surface area (TPSA) is 35.2 Å². The number of methoxy groups -OCH3 is 1. The molecule has 0 saturated carbocycles. The van der Waals surface area contributed by atoms with E-state index in [0.29, 0.717) is 0 Å². The molecule has 0 aliphatic rings. The van der Waals surface area contributed by atoms with Crippen LogP contribution < -0.4 is 5.73 Å². The Morgan fingerprint density at radius 1 is 1.40 bits per heavy atom. The SMILES string of the molecule is CCCc1cccc(C(N)C(C)OC)c1. The highest BCUT2D eigenvalue weighted by Crippen LogP contribution is 2.18. The lowest BCUT2D eigenvalue weighted by molar-refractivity contribution is 0.0956. The normalized spacial score (nSPS) is 14.9. The predicted octanol–water partition coefficient (Wildman–Crippen LogP) is 2.67. The second kappa shape index (κ2) is 5.89. The summed E-state index contributed by atoms with van der Waals surface area (Å²) >= 11 is 0. The molecule has 0 aliphatic carbocycles. The molecule has 1 aromatic rings. The summed E-state index contributed by atoms with van der Waals surface area (Å²) in [5, 5.41) is 0. The molecule has 15 heavy (non-hydrogen) atoms. The van der Waals surface area contributed by atoms with Gasteiger partial charge in [-0.1, -0.05) is 37.6 Å². The van der Waals surface area contributed by atoms with Crippen molar-refractivity contribution in [1.82, 2.24) is 0 Å². The first kappa shape index (κ1) is 12.2. The second-order valence-electron chi connectivity index (χ2n) is 3.96. The van der Waals surface area contributed by atoms with Crippen molar-refractivity contribution in [1.29, 1.82) is 0 Å². The summed E-state index contributed by atoms with van der Waals surface area (Å²) in [7, 11) is 1.69. The van der Waals surface area contributed by atoms with Crippen molar-refractivity contribution >= 4 is 0 Å². The molecule has 2 nitrogen and oxygen atoms in total. The summed E-state index contributed by atoms with van der Waals surface area (Å²) in [4.78, 5) is 0. The van der Waals surface area contributed by atoms with Crippen LogP contribution in [0.3, 0.4) is 0 Å². The van der Waals surface area contributed by atoms with Crippen LogP contribution in [0.1, 0.15) is 37.4 Å². The van der Waals surface area contributed by atoms with Gasteiger partial charge in [0.2, 0.25) is 0 Å². The van der Waals surface area contributed by atoms with Gasteiger partial charge in [-0.15, -0.1) is 0 Å². The van der Waals surface area contributed by atoms with Gasteiger partial charge in [-0.3, -0.25) is 0 Å². The van der Waals surface area contributed by atoms with Crippen LogP contribution in [-0.2, 0) is 11.2 Å². The first-order chi connectivity index (χ1) is 7.19. The Morgan fingerprint density at radius 2 is 2.13 bits per heavy atom. The van der Waals surface area contributed by atoms with Crippen molar-refractivity contribution in [3.63, 3.8) is 0 Å². The minimum Gasteiger partial charge on any atom is -0.380 e. The Morgan fingerprint density at radius 3 is 2.73 bits per heavy atom. The second-order valence-corrected chi connectivity index (χ2v) is 3.96. The molecule has 0 saturated heterocycles. The summed E-state index contributed by atoms with van der Waals surface area (Å²) in [5.74, 6) is 0. The molecule has 0 amide bonds. The number of ether oxygens (including phenoxy) is 1. The molecule has 2 unspecified atom stereocenters. The van der Waals surface area contributed by atoms with Gasteiger partial charge in [0.1, 0.15) is 0 Å². The highest BCUT2D eigenvalue weighted by Gasteiger charge is 2.13. The van der Waals surface area contributed by atoms with E-state index in [0.717, 1.165) is 12.0 Å². The van der Waals surface area contributed by atoms with Crippen LogP contribution in [0.25, 0.3) is 0 Å². The van der Waals surface area contributed by atoms with Crippen LogP contribution in [0.2, 0.25) is 0 Å². The largest absolute Gasteiger partial charge is 0.380 e. The fourth-order valence-electron chi connectivity index (χ4n) is 1.66. The van der Waals surface area contributed by atoms with E-state index in [1.54, 1.807) is 7.11 Å². The highest BCUT2D eigenvalue weighted by molar-refractivity contribution is 5.26. The number of benzene rings is 1. The summed E-state index contributed by atoms with van der Waals surface area (Å²) < 4.78 is 5.24. The molecule has 0 heterocycles. The molecule has 1 rings (SSSR count). The van der Waals surface area contributed by atoms with Gasteiger partial charge < -0.3 is 10.5 Å². The third kappa shape index (κ3) is 3.33. The molecule has 84 valence electrons. The zero-order chi connectivity index (χ0) is 11.3. The third-order valence-corrected chi connectivity index (χ3v) is 2.75. The Kier molecular flexibility index (Phi) is 4.79. The number of hydrogen-bond acceptors (Lipinski definition) is 2. The van der Waals surface area contributed by atoms with E-state index < -0.39 is 0 Å². The molecular formula is C13H21NO. The number of hydrogen-bond donors (Lipinski definition) is 1. The molecule has 0 aromatic heterocycles. The Hall–Kier alpha value is -0.860. The maximum absolute atomic E-state index is 6.09. The zero-order valence-electron chi connectivity index (χ0n) is 9.86. The van der Waals surface area contributed by atoms with E-state index in [9.17, 15) is 0 Å². The number of aryl methyl sites for hydroxylation is 1. The summed E-state index contributed by atoms with van der Waals surface area (Å²) in [6.07, 6.45) is 2.34. The van der Waals surface area contributed by atoms with E-state index in [1.807, 2.05) is 6.92 Å². The Bertz CT molecular complexity index is 298. The van der Waals surface area contributed by atoms with E-state index in [4.69, 9.17) is 10.5 Å². The van der Waals surface area contributed by atoms with Gasteiger partial charge in [0, 0.05) is 7.11 Å². The third-order valence-electron chi connectivity index (χ3n) is 2.75. The maximum atomic E-state index is 6.09. The van der Waals surface area contributed by atoms with Gasteiger partial charge in [0.25, 0.3) is 0 Å². The van der Waals surface area contributed by atoms with E-state index in [1.165, 1.54) is 12.0 Å². The van der Waals surface area contributed by atoms with Crippen molar-refractivity contribution < 1.29 is 4.74 Å². The summed E-state index contributed by atoms with van der Waals surface area (Å²) in [5.41, 5.74) is 8.61. The van der Waals surface area contributed by atoms with Crippen LogP contribution >= 0.6 is 0 Å². The first-order valence-corrected chi connectivity index (χ1v) is 5.56. The molecule has 0 radical (unpaired) electrons. The molecule has 1 aromatic carbocycles. The van der Waals surface area contributed by atoms with Gasteiger partial charge in [0.05, 0.1) is 12.1 Å². The Labute approximate surface area is 92.4 Å². The highest BCUT2D eigenvalue weighted by atomic mass is 16.5. The predicted molar refractivity (Wildman–Crippen MR) is 63.8 cm³/mol. The maximum Gasteiger partial charge on any atom is 0.0735 e. The van der Waals surface area contributed by atoms with Crippen molar-refractivity contribution in [2.75, 3.05) is 7.11 Å². The molecular weight excluding hydrogens is 186 g/mol. The zero-order valence-corrected chi connectivity index (χ0v) is 9.86. The molecule has 2 N–H and O–H groups in total. The van der Waals surface area contributed by atoms with Crippen LogP contribution in [-0.4, -0.2) is 13.2 Å². The van der Waals surface area contributed by atoms with Crippen molar-refractivity contribution in [2.45, 2.75) is 38.8 Å². The van der Waals surface area contributed by atoms with Gasteiger partial charge in [-0.25, -0.2) is 0 Å². The quantitative estimate of drug-likeness (QED) is 0.805. The lowest BCUT2D eigenvalue weighted by Crippen LogP contribution is -2.25. The lowest BCUT2D eigenvalue weighted by atomic mass is 9.99. The van der Waals surface area contributed by atoms with E-state index in [-0.39, 0.29) is 12.1 Å². The van der Waals surface area contributed by atoms with E-state index in [2.05, 4.69) is 31.2 Å². The van der Waals surface area contributed by atoms with Crippen molar-refractivity contribution in [3.8, 4) is 0 Å². The van der Waals surface area contributed by atoms with Gasteiger partial charge in [-0.2, -0.15) is 0 Å². The molecule has 2 atom stereocenters. The van der Waals surface area contributed by atoms with Crippen LogP contribution in [0.15, 0.2) is 24.3 Å². The standard InChI is InChI=1S/C13H21NO/c1-4-6-11-7-5-8-12(9-11)13(14)10(2)15-3/h5,7-10,13H,4,6,14H2,1-3H3. The minimum atomic E-state index is -0.0354. The monoisotopic (exact) mass is 207 g/mol. The number of rotatable bonds is 5. The molecule has 0 aliphatic heterocycles. The molecule has 0 fully saturated rings. The van der Waals surface area contributed by atoms with Crippen molar-refractivity contribution in [2.24, 2.45) is 5.73 Å². The van der Waals surface area contributed by atoms with Gasteiger partial charge in [0.15, 0.2) is 0 Å². The average Bonchev–Trinajstić information content (AvgIpc) is 2.28. The van der Waals surface area contributed by atoms with Gasteiger partial charge >= 0.3 is 0 Å². The smallest absolute Gasteiger partial charge is 0.0735 e. The van der Waals surface area contributed by atoms with Crippen LogP contribution in [0, 0.1) is 0 Å². The molecule has 2 heteroatoms. The summed E-state index contributed by atoms with van der Waals surface area (Å²) in [6.45, 7) is 4.18. The number of nitrogens with two attached hydrogens (primary N) is 1. The average molecular weight is 207 g/mol. The van der Waals surface area contributed by atoms with Crippen LogP contribution in [0.4, 0.5) is 0 Å². The van der Waals surface area contributed by atoms with Crippen molar-refractivity contribution in [3.05, 3.63) is 35.4 Å². The van der Waals surface area contributed by atoms with Gasteiger partial charge in [-0.05, 0) is 24.5 Å². The van der Waals surface area contributed by atoms with Crippen LogP contribution in [0.5, 0.6) is 0 Å². The van der Waals surface area contributed by atoms with E-state index >= 15 is 0 Å². The minimum absolute atomic E-state index is 0.0354. The first-order valence-electron chi connectivity index (χ1n) is 5.56. The lowest BCUT2D eigenvalue weighted by Gasteiger charge is -2.19.